The molecule has 0 saturated heterocycles. The largest absolute Gasteiger partial charge is 0.507 e. The normalized spacial score (nSPS) is 30.8. The number of aromatic hydroxyl groups is 1. The summed E-state index contributed by atoms with van der Waals surface area (Å²) in [4.78, 5) is 4.63. The Bertz CT molecular complexity index is 866. The van der Waals surface area contributed by atoms with Crippen molar-refractivity contribution < 1.29 is 9.84 Å². The Morgan fingerprint density at radius 2 is 1.71 bits per heavy atom. The second-order valence-corrected chi connectivity index (χ2v) is 9.13. The van der Waals surface area contributed by atoms with Crippen LogP contribution < -0.4 is 4.74 Å². The van der Waals surface area contributed by atoms with Crippen molar-refractivity contribution >= 4 is 11.9 Å². The van der Waals surface area contributed by atoms with E-state index >= 15 is 0 Å². The highest BCUT2D eigenvalue weighted by molar-refractivity contribution is 5.86. The third-order valence-corrected chi connectivity index (χ3v) is 7.19. The first-order chi connectivity index (χ1) is 13.6. The minimum Gasteiger partial charge on any atom is -0.507 e. The summed E-state index contributed by atoms with van der Waals surface area (Å²) >= 11 is 0. The smallest absolute Gasteiger partial charge is 0.144 e. The Morgan fingerprint density at radius 3 is 2.39 bits per heavy atom. The Hall–Kier alpha value is -2.29. The Balaban J connectivity index is 1.46. The number of ether oxygens (including phenoxy) is 1. The van der Waals surface area contributed by atoms with E-state index in [4.69, 9.17) is 4.74 Å². The van der Waals surface area contributed by atoms with Crippen LogP contribution in [0.1, 0.15) is 56.6 Å². The van der Waals surface area contributed by atoms with E-state index in [1.807, 2.05) is 37.3 Å². The third-order valence-electron chi connectivity index (χ3n) is 7.19. The molecule has 146 valence electrons. The molecule has 0 aliphatic heterocycles. The van der Waals surface area contributed by atoms with Crippen LogP contribution in [0.5, 0.6) is 11.5 Å². The number of aliphatic imine (C=N–C) groups is 1. The molecule has 3 heteroatoms. The van der Waals surface area contributed by atoms with Gasteiger partial charge in [0.1, 0.15) is 17.2 Å². The van der Waals surface area contributed by atoms with E-state index in [9.17, 15) is 5.11 Å². The first kappa shape index (κ1) is 17.8. The number of nitrogens with zero attached hydrogens (tertiary/aromatic N) is 1. The van der Waals surface area contributed by atoms with Crippen LogP contribution in [0.4, 0.5) is 5.69 Å². The quantitative estimate of drug-likeness (QED) is 0.650. The summed E-state index contributed by atoms with van der Waals surface area (Å²) in [6.45, 7) is 2.58. The van der Waals surface area contributed by atoms with Crippen LogP contribution >= 0.6 is 0 Å². The molecule has 0 radical (unpaired) electrons. The maximum atomic E-state index is 10.4. The lowest BCUT2D eigenvalue weighted by Gasteiger charge is -2.57. The number of para-hydroxylation sites is 2. The highest BCUT2D eigenvalue weighted by Gasteiger charge is 2.51. The molecule has 0 atom stereocenters. The summed E-state index contributed by atoms with van der Waals surface area (Å²) in [5, 5.41) is 10.4. The zero-order valence-electron chi connectivity index (χ0n) is 16.6. The van der Waals surface area contributed by atoms with Gasteiger partial charge in [0.2, 0.25) is 0 Å². The summed E-state index contributed by atoms with van der Waals surface area (Å²) in [6, 6.07) is 14.0. The van der Waals surface area contributed by atoms with Gasteiger partial charge in [-0.3, -0.25) is 4.99 Å². The molecule has 3 nitrogen and oxygen atoms in total. The molecule has 0 amide bonds. The minimum absolute atomic E-state index is 0.297. The van der Waals surface area contributed by atoms with Crippen molar-refractivity contribution in [3.8, 4) is 11.5 Å². The second-order valence-electron chi connectivity index (χ2n) is 9.13. The van der Waals surface area contributed by atoms with E-state index in [2.05, 4.69) is 17.1 Å². The van der Waals surface area contributed by atoms with Gasteiger partial charge in [-0.15, -0.1) is 0 Å². The van der Waals surface area contributed by atoms with Crippen molar-refractivity contribution in [2.45, 2.75) is 50.9 Å². The van der Waals surface area contributed by atoms with Crippen LogP contribution in [0.25, 0.3) is 0 Å². The summed E-state index contributed by atoms with van der Waals surface area (Å²) in [5.41, 5.74) is 3.33. The monoisotopic (exact) mass is 375 g/mol. The Kier molecular flexibility index (Phi) is 4.41. The van der Waals surface area contributed by atoms with Gasteiger partial charge >= 0.3 is 0 Å². The number of hydrogen-bond donors (Lipinski definition) is 1. The average Bonchev–Trinajstić information content (AvgIpc) is 2.67. The zero-order valence-corrected chi connectivity index (χ0v) is 16.6. The second kappa shape index (κ2) is 6.95. The fraction of sp³-hybridized carbons (Fsp3) is 0.480. The number of phenolic OH excluding ortho intramolecular Hbond substituents is 1. The maximum Gasteiger partial charge on any atom is 0.144 e. The highest BCUT2D eigenvalue weighted by atomic mass is 16.5. The van der Waals surface area contributed by atoms with Gasteiger partial charge in [-0.05, 0) is 98.4 Å². The summed E-state index contributed by atoms with van der Waals surface area (Å²) in [6.07, 6.45) is 10.1. The van der Waals surface area contributed by atoms with Crippen LogP contribution in [0, 0.1) is 17.8 Å². The Morgan fingerprint density at radius 1 is 1.04 bits per heavy atom. The lowest BCUT2D eigenvalue weighted by Crippen LogP contribution is -2.48. The van der Waals surface area contributed by atoms with Crippen LogP contribution in [0.15, 0.2) is 47.5 Å². The van der Waals surface area contributed by atoms with Crippen LogP contribution in [0.2, 0.25) is 0 Å². The van der Waals surface area contributed by atoms with Gasteiger partial charge in [0.25, 0.3) is 0 Å². The van der Waals surface area contributed by atoms with Gasteiger partial charge < -0.3 is 9.84 Å². The Labute approximate surface area is 167 Å². The van der Waals surface area contributed by atoms with Crippen LogP contribution in [-0.2, 0) is 5.41 Å². The topological polar surface area (TPSA) is 41.8 Å². The maximum absolute atomic E-state index is 10.4. The predicted octanol–water partition coefficient (Wildman–Crippen LogP) is 6.01. The molecule has 4 aliphatic carbocycles. The fourth-order valence-electron chi connectivity index (χ4n) is 6.43. The molecule has 4 saturated carbocycles. The van der Waals surface area contributed by atoms with Gasteiger partial charge in [0, 0.05) is 11.8 Å². The lowest BCUT2D eigenvalue weighted by molar-refractivity contribution is -0.00520. The van der Waals surface area contributed by atoms with E-state index < -0.39 is 0 Å². The van der Waals surface area contributed by atoms with Crippen LogP contribution in [-0.4, -0.2) is 17.9 Å². The van der Waals surface area contributed by atoms with Gasteiger partial charge in [-0.2, -0.15) is 0 Å². The van der Waals surface area contributed by atoms with Gasteiger partial charge in [-0.1, -0.05) is 18.2 Å². The van der Waals surface area contributed by atoms with E-state index in [1.165, 1.54) is 44.1 Å². The molecular weight excluding hydrogens is 346 g/mol. The molecule has 0 aromatic heterocycles. The van der Waals surface area contributed by atoms with Crippen molar-refractivity contribution in [1.29, 1.82) is 0 Å². The van der Waals surface area contributed by atoms with Crippen molar-refractivity contribution in [3.05, 3.63) is 53.6 Å². The lowest BCUT2D eigenvalue weighted by atomic mass is 9.48. The third kappa shape index (κ3) is 3.11. The summed E-state index contributed by atoms with van der Waals surface area (Å²) in [7, 11) is 0. The molecule has 4 aliphatic rings. The molecule has 0 unspecified atom stereocenters. The van der Waals surface area contributed by atoms with E-state index in [0.29, 0.717) is 17.8 Å². The SMILES string of the molecule is CCOc1ccccc1N=Cc1cc(C23CC4CC(CC(C4)C2)C3)ccc1O. The highest BCUT2D eigenvalue weighted by Crippen LogP contribution is 2.60. The van der Waals surface area contributed by atoms with E-state index in [-0.39, 0.29) is 0 Å². The molecule has 0 heterocycles. The predicted molar refractivity (Wildman–Crippen MR) is 113 cm³/mol. The minimum atomic E-state index is 0.297. The molecule has 28 heavy (non-hydrogen) atoms. The van der Waals surface area contributed by atoms with E-state index in [0.717, 1.165) is 34.8 Å². The molecule has 6 rings (SSSR count). The van der Waals surface area contributed by atoms with E-state index in [1.54, 1.807) is 6.21 Å². The first-order valence-corrected chi connectivity index (χ1v) is 10.7. The van der Waals surface area contributed by atoms with Crippen molar-refractivity contribution in [2.75, 3.05) is 6.61 Å². The van der Waals surface area contributed by atoms with Crippen LogP contribution in [0.3, 0.4) is 0 Å². The number of benzene rings is 2. The van der Waals surface area contributed by atoms with Crippen molar-refractivity contribution in [2.24, 2.45) is 22.7 Å². The van der Waals surface area contributed by atoms with Gasteiger partial charge in [-0.25, -0.2) is 0 Å². The molecule has 1 N–H and O–H groups in total. The standard InChI is InChI=1S/C25H29NO2/c1-2-28-24-6-4-3-5-22(24)26-16-20-12-21(7-8-23(20)27)25-13-17-9-18(14-25)11-19(10-17)15-25/h3-8,12,16-19,27H,2,9-11,13-15H2,1H3. The molecule has 2 aromatic rings. The molecule has 4 fully saturated rings. The van der Waals surface area contributed by atoms with Gasteiger partial charge in [0.15, 0.2) is 0 Å². The molecular formula is C25H29NO2. The number of hydrogen-bond acceptors (Lipinski definition) is 3. The first-order valence-electron chi connectivity index (χ1n) is 10.7. The average molecular weight is 376 g/mol. The number of rotatable bonds is 5. The zero-order chi connectivity index (χ0) is 19.1. The van der Waals surface area contributed by atoms with Crippen molar-refractivity contribution in [1.82, 2.24) is 0 Å². The fourth-order valence-corrected chi connectivity index (χ4v) is 6.43. The summed E-state index contributed by atoms with van der Waals surface area (Å²) < 4.78 is 5.67. The van der Waals surface area contributed by atoms with Crippen molar-refractivity contribution in [3.63, 3.8) is 0 Å². The molecule has 4 bridgehead atoms. The summed E-state index contributed by atoms with van der Waals surface area (Å²) in [5.74, 6) is 3.81. The molecule has 2 aromatic carbocycles. The van der Waals surface area contributed by atoms with Gasteiger partial charge in [0.05, 0.1) is 6.61 Å². The number of phenols is 1. The molecule has 0 spiro atoms.